The van der Waals surface area contributed by atoms with Gasteiger partial charge in [0, 0.05) is 23.7 Å². The maximum absolute atomic E-state index is 13.4. The third-order valence-corrected chi connectivity index (χ3v) is 3.99. The highest BCUT2D eigenvalue weighted by molar-refractivity contribution is 6.07. The van der Waals surface area contributed by atoms with E-state index in [1.54, 1.807) is 19.1 Å². The van der Waals surface area contributed by atoms with Crippen LogP contribution >= 0.6 is 0 Å². The average molecular weight is 315 g/mol. The van der Waals surface area contributed by atoms with Crippen molar-refractivity contribution in [1.29, 1.82) is 0 Å². The molecule has 1 aromatic heterocycles. The SMILES string of the molecule is Cc1cc(C(=O)NC2CCCCNC2=O)c2ccc(F)cc2n1. The van der Waals surface area contributed by atoms with Crippen LogP contribution in [0.15, 0.2) is 24.3 Å². The van der Waals surface area contributed by atoms with E-state index in [4.69, 9.17) is 0 Å². The number of hydrogen-bond acceptors (Lipinski definition) is 3. The predicted octanol–water partition coefficient (Wildman–Crippen LogP) is 2.08. The summed E-state index contributed by atoms with van der Waals surface area (Å²) in [6.45, 7) is 2.39. The van der Waals surface area contributed by atoms with Crippen LogP contribution in [0.25, 0.3) is 10.9 Å². The summed E-state index contributed by atoms with van der Waals surface area (Å²) in [5.41, 5.74) is 1.46. The summed E-state index contributed by atoms with van der Waals surface area (Å²) in [5.74, 6) is -0.892. The van der Waals surface area contributed by atoms with Crippen LogP contribution < -0.4 is 10.6 Å². The summed E-state index contributed by atoms with van der Waals surface area (Å²) < 4.78 is 13.4. The smallest absolute Gasteiger partial charge is 0.252 e. The number of pyridine rings is 1. The lowest BCUT2D eigenvalue weighted by atomic mass is 10.1. The van der Waals surface area contributed by atoms with E-state index in [2.05, 4.69) is 15.6 Å². The third kappa shape index (κ3) is 3.31. The largest absolute Gasteiger partial charge is 0.354 e. The zero-order valence-electron chi connectivity index (χ0n) is 12.9. The molecule has 2 amide bonds. The lowest BCUT2D eigenvalue weighted by molar-refractivity contribution is -0.122. The molecule has 0 radical (unpaired) electrons. The van der Waals surface area contributed by atoms with E-state index in [0.717, 1.165) is 12.8 Å². The molecule has 2 N–H and O–H groups in total. The molecule has 120 valence electrons. The quantitative estimate of drug-likeness (QED) is 0.891. The molecular formula is C17H18FN3O2. The Morgan fingerprint density at radius 2 is 2.17 bits per heavy atom. The fourth-order valence-corrected chi connectivity index (χ4v) is 2.83. The van der Waals surface area contributed by atoms with Crippen LogP contribution in [0.2, 0.25) is 0 Å². The van der Waals surface area contributed by atoms with Gasteiger partial charge in [-0.25, -0.2) is 4.39 Å². The molecule has 1 unspecified atom stereocenters. The van der Waals surface area contributed by atoms with Crippen LogP contribution in [0.1, 0.15) is 35.3 Å². The highest BCUT2D eigenvalue weighted by Crippen LogP contribution is 2.20. The number of carbonyl (C=O) groups is 2. The molecule has 0 bridgehead atoms. The number of carbonyl (C=O) groups excluding carboxylic acids is 2. The summed E-state index contributed by atoms with van der Waals surface area (Å²) >= 11 is 0. The third-order valence-electron chi connectivity index (χ3n) is 3.99. The van der Waals surface area contributed by atoms with Crippen molar-refractivity contribution in [3.8, 4) is 0 Å². The molecule has 1 atom stereocenters. The highest BCUT2D eigenvalue weighted by Gasteiger charge is 2.24. The number of nitrogens with one attached hydrogen (secondary N) is 2. The van der Waals surface area contributed by atoms with Gasteiger partial charge in [-0.05, 0) is 44.4 Å². The molecule has 1 fully saturated rings. The number of rotatable bonds is 2. The maximum atomic E-state index is 13.4. The molecule has 1 aliphatic heterocycles. The van der Waals surface area contributed by atoms with Gasteiger partial charge in [0.2, 0.25) is 5.91 Å². The van der Waals surface area contributed by atoms with E-state index in [1.165, 1.54) is 12.1 Å². The van der Waals surface area contributed by atoms with E-state index >= 15 is 0 Å². The van der Waals surface area contributed by atoms with Crippen LogP contribution in [0, 0.1) is 12.7 Å². The zero-order chi connectivity index (χ0) is 16.4. The van der Waals surface area contributed by atoms with Gasteiger partial charge in [0.05, 0.1) is 11.1 Å². The van der Waals surface area contributed by atoms with Crippen molar-refractivity contribution >= 4 is 22.7 Å². The van der Waals surface area contributed by atoms with Gasteiger partial charge in [0.25, 0.3) is 5.91 Å². The van der Waals surface area contributed by atoms with Crippen LogP contribution in [0.4, 0.5) is 4.39 Å². The first-order valence-corrected chi connectivity index (χ1v) is 7.70. The van der Waals surface area contributed by atoms with Gasteiger partial charge in [-0.1, -0.05) is 0 Å². The molecule has 1 aliphatic rings. The van der Waals surface area contributed by atoms with Gasteiger partial charge in [0.1, 0.15) is 11.9 Å². The number of aromatic nitrogens is 1. The number of amides is 2. The lowest BCUT2D eigenvalue weighted by Gasteiger charge is -2.16. The van der Waals surface area contributed by atoms with Gasteiger partial charge in [-0.15, -0.1) is 0 Å². The fourth-order valence-electron chi connectivity index (χ4n) is 2.83. The number of nitrogens with zero attached hydrogens (tertiary/aromatic N) is 1. The summed E-state index contributed by atoms with van der Waals surface area (Å²) in [6, 6.07) is 5.27. The fraction of sp³-hybridized carbons (Fsp3) is 0.353. The van der Waals surface area contributed by atoms with Crippen molar-refractivity contribution in [3.05, 3.63) is 41.3 Å². The molecule has 0 spiro atoms. The highest BCUT2D eigenvalue weighted by atomic mass is 19.1. The number of benzene rings is 1. The molecule has 6 heteroatoms. The van der Waals surface area contributed by atoms with Crippen LogP contribution in [-0.4, -0.2) is 29.4 Å². The second-order valence-electron chi connectivity index (χ2n) is 5.79. The summed E-state index contributed by atoms with van der Waals surface area (Å²) in [4.78, 5) is 28.8. The van der Waals surface area contributed by atoms with Gasteiger partial charge in [-0.2, -0.15) is 0 Å². The minimum atomic E-state index is -0.533. The molecule has 1 aromatic carbocycles. The van der Waals surface area contributed by atoms with Crippen molar-refractivity contribution < 1.29 is 14.0 Å². The first-order valence-electron chi connectivity index (χ1n) is 7.70. The molecule has 0 aliphatic carbocycles. The van der Waals surface area contributed by atoms with E-state index in [1.807, 2.05) is 0 Å². The topological polar surface area (TPSA) is 71.1 Å². The second-order valence-corrected chi connectivity index (χ2v) is 5.79. The zero-order valence-corrected chi connectivity index (χ0v) is 12.9. The van der Waals surface area contributed by atoms with Gasteiger partial charge < -0.3 is 10.6 Å². The Hall–Kier alpha value is -2.50. The van der Waals surface area contributed by atoms with Crippen molar-refractivity contribution in [2.45, 2.75) is 32.2 Å². The first-order chi connectivity index (χ1) is 11.0. The van der Waals surface area contributed by atoms with Gasteiger partial charge in [-0.3, -0.25) is 14.6 Å². The standard InChI is InChI=1S/C17H18FN3O2/c1-10-8-13(12-6-5-11(18)9-15(12)20-10)16(22)21-14-4-2-3-7-19-17(14)23/h5-6,8-9,14H,2-4,7H2,1H3,(H,19,23)(H,21,22). The molecule has 5 nitrogen and oxygen atoms in total. The van der Waals surface area contributed by atoms with Gasteiger partial charge in [0.15, 0.2) is 0 Å². The normalized spacial score (nSPS) is 18.3. The molecular weight excluding hydrogens is 297 g/mol. The monoisotopic (exact) mass is 315 g/mol. The Morgan fingerprint density at radius 1 is 1.35 bits per heavy atom. The molecule has 3 rings (SSSR count). The number of aryl methyl sites for hydroxylation is 1. The van der Waals surface area contributed by atoms with Crippen molar-refractivity contribution in [1.82, 2.24) is 15.6 Å². The molecule has 23 heavy (non-hydrogen) atoms. The summed E-state index contributed by atoms with van der Waals surface area (Å²) in [6.07, 6.45) is 2.41. The minimum absolute atomic E-state index is 0.156. The Bertz CT molecular complexity index is 771. The maximum Gasteiger partial charge on any atom is 0.252 e. The Balaban J connectivity index is 1.92. The van der Waals surface area contributed by atoms with E-state index < -0.39 is 11.9 Å². The Morgan fingerprint density at radius 3 is 3.00 bits per heavy atom. The molecule has 2 aromatic rings. The summed E-state index contributed by atoms with van der Waals surface area (Å²) in [5, 5.41) is 6.15. The minimum Gasteiger partial charge on any atom is -0.354 e. The van der Waals surface area contributed by atoms with Crippen molar-refractivity contribution in [3.63, 3.8) is 0 Å². The van der Waals surface area contributed by atoms with E-state index in [0.29, 0.717) is 35.1 Å². The first kappa shape index (κ1) is 15.4. The number of fused-ring (bicyclic) bond motifs is 1. The Labute approximate surface area is 133 Å². The van der Waals surface area contributed by atoms with E-state index in [9.17, 15) is 14.0 Å². The molecule has 0 saturated carbocycles. The van der Waals surface area contributed by atoms with E-state index in [-0.39, 0.29) is 11.8 Å². The van der Waals surface area contributed by atoms with Crippen LogP contribution in [0.5, 0.6) is 0 Å². The van der Waals surface area contributed by atoms with Crippen LogP contribution in [0.3, 0.4) is 0 Å². The Kier molecular flexibility index (Phi) is 4.23. The molecule has 1 saturated heterocycles. The predicted molar refractivity (Wildman–Crippen MR) is 84.6 cm³/mol. The average Bonchev–Trinajstić information content (AvgIpc) is 2.71. The lowest BCUT2D eigenvalue weighted by Crippen LogP contribution is -2.45. The van der Waals surface area contributed by atoms with Crippen molar-refractivity contribution in [2.75, 3.05) is 6.54 Å². The summed E-state index contributed by atoms with van der Waals surface area (Å²) in [7, 11) is 0. The number of halogens is 1. The second kappa shape index (κ2) is 6.32. The van der Waals surface area contributed by atoms with Crippen LogP contribution in [-0.2, 0) is 4.79 Å². The molecule has 2 heterocycles. The van der Waals surface area contributed by atoms with Crippen molar-refractivity contribution in [2.24, 2.45) is 0 Å². The van der Waals surface area contributed by atoms with Gasteiger partial charge >= 0.3 is 0 Å². The number of hydrogen-bond donors (Lipinski definition) is 2.